The second-order valence-electron chi connectivity index (χ2n) is 7.13. The van der Waals surface area contributed by atoms with Gasteiger partial charge in [-0.25, -0.2) is 0 Å². The molecule has 1 aliphatic heterocycles. The van der Waals surface area contributed by atoms with E-state index in [0.717, 1.165) is 20.7 Å². The van der Waals surface area contributed by atoms with Crippen LogP contribution in [0.25, 0.3) is 0 Å². The molecule has 3 heterocycles. The minimum Gasteiger partial charge on any atom is -0.352 e. The van der Waals surface area contributed by atoms with Crippen molar-refractivity contribution in [3.8, 4) is 0 Å². The third-order valence-electron chi connectivity index (χ3n) is 5.00. The first-order chi connectivity index (χ1) is 14.5. The molecule has 1 aliphatic rings. The molecule has 0 spiro atoms. The maximum atomic E-state index is 12.5. The molecule has 8 heteroatoms. The molecule has 1 fully saturated rings. The van der Waals surface area contributed by atoms with Gasteiger partial charge in [0.05, 0.1) is 21.6 Å². The van der Waals surface area contributed by atoms with Crippen molar-refractivity contribution in [1.29, 1.82) is 0 Å². The lowest BCUT2D eigenvalue weighted by Crippen LogP contribution is -2.32. The number of amides is 1. The average molecular weight is 501 g/mol. The van der Waals surface area contributed by atoms with Gasteiger partial charge in [0.1, 0.15) is 0 Å². The Balaban J connectivity index is 1.51. The number of carbonyl (C=O) groups excluding carboxylic acids is 1. The zero-order chi connectivity index (χ0) is 21.1. The van der Waals surface area contributed by atoms with Crippen LogP contribution in [0.15, 0.2) is 64.6 Å². The summed E-state index contributed by atoms with van der Waals surface area (Å²) in [6.07, 6.45) is 2.13. The van der Waals surface area contributed by atoms with Gasteiger partial charge in [-0.15, -0.1) is 11.3 Å². The summed E-state index contributed by atoms with van der Waals surface area (Å²) in [4.78, 5) is 20.3. The molecular formula is C22H21BrN4OS2. The summed E-state index contributed by atoms with van der Waals surface area (Å²) in [5.41, 5.74) is 2.89. The molecular weight excluding hydrogens is 480 g/mol. The van der Waals surface area contributed by atoms with E-state index in [1.54, 1.807) is 17.5 Å². The third-order valence-corrected chi connectivity index (χ3v) is 7.05. The fourth-order valence-electron chi connectivity index (χ4n) is 3.52. The van der Waals surface area contributed by atoms with Crippen molar-refractivity contribution in [2.24, 2.45) is 0 Å². The molecule has 1 saturated heterocycles. The second kappa shape index (κ2) is 9.24. The van der Waals surface area contributed by atoms with Crippen LogP contribution in [0, 0.1) is 6.92 Å². The van der Waals surface area contributed by atoms with Gasteiger partial charge in [-0.2, -0.15) is 0 Å². The lowest BCUT2D eigenvalue weighted by atomic mass is 10.0. The highest BCUT2D eigenvalue weighted by atomic mass is 79.9. The van der Waals surface area contributed by atoms with Gasteiger partial charge >= 0.3 is 0 Å². The first-order valence-electron chi connectivity index (χ1n) is 9.61. The van der Waals surface area contributed by atoms with Gasteiger partial charge in [0.25, 0.3) is 0 Å². The smallest absolute Gasteiger partial charge is 0.226 e. The highest BCUT2D eigenvalue weighted by Gasteiger charge is 2.40. The van der Waals surface area contributed by atoms with Crippen molar-refractivity contribution in [1.82, 2.24) is 15.2 Å². The Hall–Kier alpha value is -2.29. The zero-order valence-electron chi connectivity index (χ0n) is 16.3. The minimum atomic E-state index is -0.0654. The highest BCUT2D eigenvalue weighted by molar-refractivity contribution is 9.11. The standard InChI is InChI=1S/C22H21BrN4OS2/c1-14-5-7-15(8-6-14)25-19(28)11-13-27-21(17-9-10-18(23)30-17)20(26-22(27)29)16-4-2-3-12-24-16/h2-10,12,20-21H,11,13H2,1H3,(H,25,28)(H,26,29). The molecule has 0 radical (unpaired) electrons. The van der Waals surface area contributed by atoms with Crippen molar-refractivity contribution in [3.63, 3.8) is 0 Å². The van der Waals surface area contributed by atoms with E-state index < -0.39 is 0 Å². The van der Waals surface area contributed by atoms with Crippen LogP contribution in [0.5, 0.6) is 0 Å². The maximum absolute atomic E-state index is 12.5. The number of rotatable bonds is 6. The number of nitrogens with one attached hydrogen (secondary N) is 2. The number of anilines is 1. The van der Waals surface area contributed by atoms with Crippen molar-refractivity contribution < 1.29 is 4.79 Å². The largest absolute Gasteiger partial charge is 0.352 e. The lowest BCUT2D eigenvalue weighted by Gasteiger charge is -2.26. The summed E-state index contributed by atoms with van der Waals surface area (Å²) in [6, 6.07) is 17.7. The summed E-state index contributed by atoms with van der Waals surface area (Å²) in [6.45, 7) is 2.54. The van der Waals surface area contributed by atoms with Crippen molar-refractivity contribution in [2.45, 2.75) is 25.4 Å². The van der Waals surface area contributed by atoms with Gasteiger partial charge in [0.15, 0.2) is 5.11 Å². The molecule has 2 unspecified atom stereocenters. The fourth-order valence-corrected chi connectivity index (χ4v) is 5.43. The van der Waals surface area contributed by atoms with E-state index in [9.17, 15) is 4.79 Å². The van der Waals surface area contributed by atoms with Crippen LogP contribution < -0.4 is 10.6 Å². The first-order valence-corrected chi connectivity index (χ1v) is 11.6. The molecule has 1 amide bonds. The summed E-state index contributed by atoms with van der Waals surface area (Å²) < 4.78 is 1.06. The third kappa shape index (κ3) is 4.71. The van der Waals surface area contributed by atoms with Crippen LogP contribution in [-0.4, -0.2) is 27.4 Å². The number of thiocarbonyl (C=S) groups is 1. The molecule has 2 aromatic heterocycles. The molecule has 5 nitrogen and oxygen atoms in total. The van der Waals surface area contributed by atoms with Crippen molar-refractivity contribution >= 4 is 56.2 Å². The van der Waals surface area contributed by atoms with Crippen LogP contribution in [0.2, 0.25) is 0 Å². The topological polar surface area (TPSA) is 57.3 Å². The van der Waals surface area contributed by atoms with E-state index in [4.69, 9.17) is 12.2 Å². The number of carbonyl (C=O) groups is 1. The normalized spacial score (nSPS) is 18.3. The van der Waals surface area contributed by atoms with E-state index in [1.165, 1.54) is 4.88 Å². The molecule has 1 aromatic carbocycles. The van der Waals surface area contributed by atoms with Gasteiger partial charge in [-0.1, -0.05) is 23.8 Å². The Morgan fingerprint density at radius 1 is 1.23 bits per heavy atom. The highest BCUT2D eigenvalue weighted by Crippen LogP contribution is 2.42. The molecule has 0 saturated carbocycles. The summed E-state index contributed by atoms with van der Waals surface area (Å²) >= 11 is 10.9. The fraction of sp³-hybridized carbons (Fsp3) is 0.227. The number of nitrogens with zero attached hydrogens (tertiary/aromatic N) is 2. The first kappa shape index (κ1) is 21.0. The van der Waals surface area contributed by atoms with Crippen molar-refractivity contribution in [2.75, 3.05) is 11.9 Å². The molecule has 30 heavy (non-hydrogen) atoms. The molecule has 154 valence electrons. The second-order valence-corrected chi connectivity index (χ2v) is 10.0. The van der Waals surface area contributed by atoms with Crippen LogP contribution >= 0.6 is 39.5 Å². The Bertz CT molecular complexity index is 1040. The van der Waals surface area contributed by atoms with Gasteiger partial charge in [0, 0.05) is 29.7 Å². The van der Waals surface area contributed by atoms with E-state index in [1.807, 2.05) is 55.5 Å². The number of benzene rings is 1. The van der Waals surface area contributed by atoms with Gasteiger partial charge in [-0.05, 0) is 71.5 Å². The number of aromatic nitrogens is 1. The molecule has 0 bridgehead atoms. The Labute approximate surface area is 193 Å². The van der Waals surface area contributed by atoms with E-state index >= 15 is 0 Å². The van der Waals surface area contributed by atoms with E-state index in [2.05, 4.69) is 42.5 Å². The monoisotopic (exact) mass is 500 g/mol. The Morgan fingerprint density at radius 2 is 2.03 bits per heavy atom. The SMILES string of the molecule is Cc1ccc(NC(=O)CCN2C(=S)NC(c3ccccn3)C2c2ccc(Br)s2)cc1. The van der Waals surface area contributed by atoms with Gasteiger partial charge < -0.3 is 15.5 Å². The van der Waals surface area contributed by atoms with E-state index in [0.29, 0.717) is 18.1 Å². The Morgan fingerprint density at radius 3 is 2.70 bits per heavy atom. The van der Waals surface area contributed by atoms with Crippen LogP contribution in [0.1, 0.15) is 34.6 Å². The maximum Gasteiger partial charge on any atom is 0.226 e. The number of aryl methyl sites for hydroxylation is 1. The molecule has 3 aromatic rings. The van der Waals surface area contributed by atoms with Crippen molar-refractivity contribution in [3.05, 3.63) is 80.7 Å². The van der Waals surface area contributed by atoms with Gasteiger partial charge in [-0.3, -0.25) is 9.78 Å². The quantitative estimate of drug-likeness (QED) is 0.454. The lowest BCUT2D eigenvalue weighted by molar-refractivity contribution is -0.116. The molecule has 2 atom stereocenters. The Kier molecular flexibility index (Phi) is 6.46. The number of hydrogen-bond acceptors (Lipinski definition) is 4. The number of halogens is 1. The zero-order valence-corrected chi connectivity index (χ0v) is 19.6. The summed E-state index contributed by atoms with van der Waals surface area (Å²) in [5.74, 6) is -0.0333. The molecule has 2 N–H and O–H groups in total. The number of hydrogen-bond donors (Lipinski definition) is 2. The summed E-state index contributed by atoms with van der Waals surface area (Å²) in [5, 5.41) is 7.02. The number of pyridine rings is 1. The average Bonchev–Trinajstić information content (AvgIpc) is 3.31. The van der Waals surface area contributed by atoms with E-state index in [-0.39, 0.29) is 18.0 Å². The summed E-state index contributed by atoms with van der Waals surface area (Å²) in [7, 11) is 0. The van der Waals surface area contributed by atoms with Crippen LogP contribution in [0.4, 0.5) is 5.69 Å². The predicted molar refractivity (Wildman–Crippen MR) is 129 cm³/mol. The molecule has 0 aliphatic carbocycles. The number of thiophene rings is 1. The minimum absolute atomic E-state index is 0.0177. The van der Waals surface area contributed by atoms with Crippen LogP contribution in [0.3, 0.4) is 0 Å². The predicted octanol–water partition coefficient (Wildman–Crippen LogP) is 5.22. The molecule has 4 rings (SSSR count). The van der Waals surface area contributed by atoms with Crippen LogP contribution in [-0.2, 0) is 4.79 Å². The van der Waals surface area contributed by atoms with Gasteiger partial charge in [0.2, 0.25) is 5.91 Å².